The third-order valence-corrected chi connectivity index (χ3v) is 7.22. The van der Waals surface area contributed by atoms with Gasteiger partial charge in [0.2, 0.25) is 5.91 Å². The fraction of sp³-hybridized carbons (Fsp3) is 0.440. The number of aryl methyl sites for hydroxylation is 1. The molecule has 0 spiro atoms. The molecule has 6 nitrogen and oxygen atoms in total. The molecule has 3 unspecified atom stereocenters. The van der Waals surface area contributed by atoms with E-state index >= 15 is 0 Å². The summed E-state index contributed by atoms with van der Waals surface area (Å²) in [5, 5.41) is 2.63. The van der Waals surface area contributed by atoms with E-state index < -0.39 is 0 Å². The SMILES string of the molecule is CNC(=O)Cn1c(=O)n(C2CCN(C3CCc4ccccc43)C(C)C2)c2ccccc21.Cl. The van der Waals surface area contributed by atoms with Gasteiger partial charge in [-0.15, -0.1) is 12.4 Å². The van der Waals surface area contributed by atoms with Crippen molar-refractivity contribution in [3.8, 4) is 0 Å². The van der Waals surface area contributed by atoms with Crippen LogP contribution in [-0.2, 0) is 17.8 Å². The van der Waals surface area contributed by atoms with Crippen molar-refractivity contribution in [2.75, 3.05) is 13.6 Å². The molecular weight excluding hydrogens is 424 g/mol. The molecule has 1 saturated heterocycles. The van der Waals surface area contributed by atoms with Crippen molar-refractivity contribution in [2.45, 2.75) is 57.3 Å². The molecule has 0 saturated carbocycles. The third-order valence-electron chi connectivity index (χ3n) is 7.22. The van der Waals surface area contributed by atoms with Crippen molar-refractivity contribution < 1.29 is 4.79 Å². The number of aromatic nitrogens is 2. The average molecular weight is 455 g/mol. The molecule has 5 rings (SSSR count). The first-order chi connectivity index (χ1) is 15.1. The Balaban J connectivity index is 0.00000245. The van der Waals surface area contributed by atoms with E-state index in [1.807, 2.05) is 28.8 Å². The van der Waals surface area contributed by atoms with E-state index in [-0.39, 0.29) is 36.6 Å². The number of imidazole rings is 1. The smallest absolute Gasteiger partial charge is 0.329 e. The van der Waals surface area contributed by atoms with Gasteiger partial charge in [-0.2, -0.15) is 0 Å². The third kappa shape index (κ3) is 3.76. The van der Waals surface area contributed by atoms with Crippen molar-refractivity contribution in [3.05, 3.63) is 70.1 Å². The summed E-state index contributed by atoms with van der Waals surface area (Å²) in [4.78, 5) is 28.0. The van der Waals surface area contributed by atoms with Gasteiger partial charge in [-0.25, -0.2) is 4.79 Å². The minimum Gasteiger partial charge on any atom is -0.358 e. The van der Waals surface area contributed by atoms with E-state index in [9.17, 15) is 9.59 Å². The minimum atomic E-state index is -0.159. The molecule has 1 aromatic heterocycles. The molecular formula is C25H31ClN4O2. The molecule has 7 heteroatoms. The molecule has 1 amide bonds. The lowest BCUT2D eigenvalue weighted by Crippen LogP contribution is -2.44. The van der Waals surface area contributed by atoms with Crippen molar-refractivity contribution >= 4 is 29.3 Å². The fourth-order valence-electron chi connectivity index (χ4n) is 5.70. The van der Waals surface area contributed by atoms with Crippen LogP contribution in [-0.4, -0.2) is 39.6 Å². The molecule has 2 aromatic carbocycles. The lowest BCUT2D eigenvalue weighted by molar-refractivity contribution is -0.121. The number of amides is 1. The van der Waals surface area contributed by atoms with Gasteiger partial charge in [0.1, 0.15) is 6.54 Å². The van der Waals surface area contributed by atoms with E-state index in [2.05, 4.69) is 41.4 Å². The van der Waals surface area contributed by atoms with E-state index in [0.717, 1.165) is 36.8 Å². The minimum absolute atomic E-state index is 0. The predicted octanol–water partition coefficient (Wildman–Crippen LogP) is 3.68. The fourth-order valence-corrected chi connectivity index (χ4v) is 5.70. The van der Waals surface area contributed by atoms with Crippen LogP contribution in [0.5, 0.6) is 0 Å². The second-order valence-corrected chi connectivity index (χ2v) is 8.92. The number of nitrogens with zero attached hydrogens (tertiary/aromatic N) is 3. The second-order valence-electron chi connectivity index (χ2n) is 8.92. The summed E-state index contributed by atoms with van der Waals surface area (Å²) in [6.07, 6.45) is 4.21. The van der Waals surface area contributed by atoms with Gasteiger partial charge < -0.3 is 5.32 Å². The number of hydrogen-bond donors (Lipinski definition) is 1. The van der Waals surface area contributed by atoms with Crippen LogP contribution in [0.1, 0.15) is 49.4 Å². The number of fused-ring (bicyclic) bond motifs is 2. The highest BCUT2D eigenvalue weighted by Gasteiger charge is 2.36. The summed E-state index contributed by atoms with van der Waals surface area (Å²) in [7, 11) is 1.60. The van der Waals surface area contributed by atoms with Gasteiger partial charge in [-0.3, -0.25) is 18.8 Å². The number of benzene rings is 2. The largest absolute Gasteiger partial charge is 0.358 e. The van der Waals surface area contributed by atoms with E-state index in [4.69, 9.17) is 0 Å². The van der Waals surface area contributed by atoms with Crippen LogP contribution in [0, 0.1) is 0 Å². The Labute approximate surface area is 194 Å². The molecule has 1 N–H and O–H groups in total. The normalized spacial score (nSPS) is 23.0. The molecule has 2 aliphatic rings. The number of para-hydroxylation sites is 2. The van der Waals surface area contributed by atoms with E-state index in [0.29, 0.717) is 12.1 Å². The lowest BCUT2D eigenvalue weighted by Gasteiger charge is -2.42. The van der Waals surface area contributed by atoms with E-state index in [1.165, 1.54) is 17.5 Å². The number of halogens is 1. The van der Waals surface area contributed by atoms with Crippen molar-refractivity contribution in [3.63, 3.8) is 0 Å². The highest BCUT2D eigenvalue weighted by Crippen LogP contribution is 2.40. The first kappa shape index (κ1) is 22.6. The van der Waals surface area contributed by atoms with Crippen LogP contribution >= 0.6 is 12.4 Å². The summed E-state index contributed by atoms with van der Waals surface area (Å²) in [5.41, 5.74) is 4.63. The Bertz CT molecular complexity index is 1180. The van der Waals surface area contributed by atoms with Gasteiger partial charge in [0.05, 0.1) is 11.0 Å². The van der Waals surface area contributed by atoms with Crippen LogP contribution in [0.2, 0.25) is 0 Å². The number of likely N-dealkylation sites (tertiary alicyclic amines) is 1. The Morgan fingerprint density at radius 3 is 2.53 bits per heavy atom. The van der Waals surface area contributed by atoms with Crippen LogP contribution < -0.4 is 11.0 Å². The van der Waals surface area contributed by atoms with Gasteiger partial charge in [0.15, 0.2) is 0 Å². The number of piperidine rings is 1. The molecule has 2 heterocycles. The van der Waals surface area contributed by atoms with Crippen LogP contribution in [0.3, 0.4) is 0 Å². The van der Waals surface area contributed by atoms with Gasteiger partial charge in [-0.1, -0.05) is 36.4 Å². The van der Waals surface area contributed by atoms with Crippen molar-refractivity contribution in [1.82, 2.24) is 19.4 Å². The summed E-state index contributed by atoms with van der Waals surface area (Å²) < 4.78 is 3.55. The molecule has 0 radical (unpaired) electrons. The van der Waals surface area contributed by atoms with Gasteiger partial charge >= 0.3 is 5.69 Å². The summed E-state index contributed by atoms with van der Waals surface area (Å²) >= 11 is 0. The quantitative estimate of drug-likeness (QED) is 0.654. The van der Waals surface area contributed by atoms with Gasteiger partial charge in [0.25, 0.3) is 0 Å². The summed E-state index contributed by atoms with van der Waals surface area (Å²) in [6.45, 7) is 3.32. The highest BCUT2D eigenvalue weighted by atomic mass is 35.5. The maximum absolute atomic E-state index is 13.4. The topological polar surface area (TPSA) is 59.3 Å². The Morgan fingerprint density at radius 2 is 1.78 bits per heavy atom. The second kappa shape index (κ2) is 9.12. The lowest BCUT2D eigenvalue weighted by atomic mass is 9.94. The maximum Gasteiger partial charge on any atom is 0.329 e. The Kier molecular flexibility index (Phi) is 6.45. The van der Waals surface area contributed by atoms with Crippen molar-refractivity contribution in [2.24, 2.45) is 0 Å². The zero-order valence-corrected chi connectivity index (χ0v) is 19.5. The monoisotopic (exact) mass is 454 g/mol. The van der Waals surface area contributed by atoms with Gasteiger partial charge in [-0.05, 0) is 55.9 Å². The van der Waals surface area contributed by atoms with E-state index in [1.54, 1.807) is 11.6 Å². The number of carbonyl (C=O) groups is 1. The zero-order valence-electron chi connectivity index (χ0n) is 18.7. The zero-order chi connectivity index (χ0) is 21.5. The molecule has 3 aromatic rings. The average Bonchev–Trinajstić information content (AvgIpc) is 3.33. The summed E-state index contributed by atoms with van der Waals surface area (Å²) in [5.74, 6) is -0.159. The summed E-state index contributed by atoms with van der Waals surface area (Å²) in [6, 6.07) is 17.7. The van der Waals surface area contributed by atoms with Crippen molar-refractivity contribution in [1.29, 1.82) is 0 Å². The molecule has 3 atom stereocenters. The molecule has 170 valence electrons. The first-order valence-corrected chi connectivity index (χ1v) is 11.3. The first-order valence-electron chi connectivity index (χ1n) is 11.3. The van der Waals surface area contributed by atoms with Crippen LogP contribution in [0.4, 0.5) is 0 Å². The highest BCUT2D eigenvalue weighted by molar-refractivity contribution is 5.85. The maximum atomic E-state index is 13.4. The number of nitrogens with one attached hydrogen (secondary N) is 1. The predicted molar refractivity (Wildman–Crippen MR) is 129 cm³/mol. The number of rotatable bonds is 4. The van der Waals surface area contributed by atoms with Gasteiger partial charge in [0, 0.05) is 31.7 Å². The Hall–Kier alpha value is -2.57. The Morgan fingerprint density at radius 1 is 1.06 bits per heavy atom. The molecule has 1 aliphatic carbocycles. The molecule has 32 heavy (non-hydrogen) atoms. The number of hydrogen-bond acceptors (Lipinski definition) is 3. The molecule has 1 aliphatic heterocycles. The molecule has 1 fully saturated rings. The standard InChI is InChI=1S/C25H30N4O2.ClH/c1-17-15-19(13-14-27(17)21-12-11-18-7-3-4-8-20(18)21)29-23-10-6-5-9-22(23)28(25(29)31)16-24(30)26-2;/h3-10,17,19,21H,11-16H2,1-2H3,(H,26,30);1H. The van der Waals surface area contributed by atoms with Crippen LogP contribution in [0.25, 0.3) is 11.0 Å². The van der Waals surface area contributed by atoms with Crippen LogP contribution in [0.15, 0.2) is 53.3 Å². The number of likely N-dealkylation sites (N-methyl/N-ethyl adjacent to an activating group) is 1. The molecule has 0 bridgehead atoms. The number of carbonyl (C=O) groups excluding carboxylic acids is 1.